The van der Waals surface area contributed by atoms with Gasteiger partial charge in [0.05, 0.1) is 23.0 Å². The van der Waals surface area contributed by atoms with Gasteiger partial charge in [0.25, 0.3) is 0 Å². The van der Waals surface area contributed by atoms with Crippen molar-refractivity contribution in [3.63, 3.8) is 0 Å². The van der Waals surface area contributed by atoms with Crippen LogP contribution in [0.25, 0.3) is 11.0 Å². The fourth-order valence-electron chi connectivity index (χ4n) is 2.10. The molecule has 0 atom stereocenters. The summed E-state index contributed by atoms with van der Waals surface area (Å²) in [5.74, 6) is -4.93. The van der Waals surface area contributed by atoms with Crippen molar-refractivity contribution < 1.29 is 18.0 Å². The number of hydrogen-bond donors (Lipinski definition) is 1. The van der Waals surface area contributed by atoms with Crippen LogP contribution in [0.4, 0.5) is 18.9 Å². The number of rotatable bonds is 3. The Labute approximate surface area is 123 Å². The first kappa shape index (κ1) is 14.1. The van der Waals surface area contributed by atoms with E-state index in [9.17, 15) is 18.0 Å². The molecule has 2 aromatic carbocycles. The average molecular weight is 305 g/mol. The predicted octanol–water partition coefficient (Wildman–Crippen LogP) is 3.09. The van der Waals surface area contributed by atoms with Gasteiger partial charge in [-0.2, -0.15) is 0 Å². The summed E-state index contributed by atoms with van der Waals surface area (Å²) >= 11 is 0. The molecule has 0 bridgehead atoms. The van der Waals surface area contributed by atoms with Crippen molar-refractivity contribution >= 4 is 22.6 Å². The Morgan fingerprint density at radius 2 is 1.86 bits per heavy atom. The number of fused-ring (bicyclic) bond motifs is 1. The Kier molecular flexibility index (Phi) is 3.54. The molecule has 0 aliphatic rings. The fourth-order valence-corrected chi connectivity index (χ4v) is 2.10. The molecule has 0 fully saturated rings. The van der Waals surface area contributed by atoms with Crippen molar-refractivity contribution in [3.05, 3.63) is 60.2 Å². The van der Waals surface area contributed by atoms with Gasteiger partial charge < -0.3 is 9.88 Å². The van der Waals surface area contributed by atoms with E-state index in [1.807, 2.05) is 6.07 Å². The molecule has 0 unspecified atom stereocenters. The van der Waals surface area contributed by atoms with Crippen LogP contribution in [0.15, 0.2) is 42.7 Å². The van der Waals surface area contributed by atoms with Gasteiger partial charge >= 0.3 is 0 Å². The van der Waals surface area contributed by atoms with Gasteiger partial charge in [0.15, 0.2) is 17.5 Å². The standard InChI is InChI=1S/C15H10F3N3O/c16-9-5-6-11(15(18)14(9)17)20-13(22)7-21-8-19-10-3-1-2-4-12(10)21/h1-6,8H,7H2,(H,20,22). The van der Waals surface area contributed by atoms with Crippen LogP contribution in [0.2, 0.25) is 0 Å². The van der Waals surface area contributed by atoms with Crippen molar-refractivity contribution in [1.29, 1.82) is 0 Å². The van der Waals surface area contributed by atoms with Crippen LogP contribution in [-0.2, 0) is 11.3 Å². The van der Waals surface area contributed by atoms with Gasteiger partial charge in [0.2, 0.25) is 5.91 Å². The third-order valence-corrected chi connectivity index (χ3v) is 3.15. The number of benzene rings is 2. The SMILES string of the molecule is O=C(Cn1cnc2ccccc21)Nc1ccc(F)c(F)c1F. The van der Waals surface area contributed by atoms with E-state index in [2.05, 4.69) is 10.3 Å². The number of anilines is 1. The van der Waals surface area contributed by atoms with Crippen LogP contribution in [0.3, 0.4) is 0 Å². The third kappa shape index (κ3) is 2.52. The number of hydrogen-bond acceptors (Lipinski definition) is 2. The zero-order chi connectivity index (χ0) is 15.7. The number of nitrogens with one attached hydrogen (secondary N) is 1. The zero-order valence-corrected chi connectivity index (χ0v) is 11.2. The molecular weight excluding hydrogens is 295 g/mol. The smallest absolute Gasteiger partial charge is 0.244 e. The summed E-state index contributed by atoms with van der Waals surface area (Å²) in [5, 5.41) is 2.21. The molecule has 112 valence electrons. The largest absolute Gasteiger partial charge is 0.322 e. The predicted molar refractivity (Wildman–Crippen MR) is 74.7 cm³/mol. The summed E-state index contributed by atoms with van der Waals surface area (Å²) in [6.45, 7) is -0.126. The quantitative estimate of drug-likeness (QED) is 0.756. The van der Waals surface area contributed by atoms with E-state index in [0.29, 0.717) is 5.52 Å². The molecule has 0 aliphatic heterocycles. The first-order valence-corrected chi connectivity index (χ1v) is 6.39. The minimum Gasteiger partial charge on any atom is -0.322 e. The highest BCUT2D eigenvalue weighted by molar-refractivity contribution is 5.91. The van der Waals surface area contributed by atoms with E-state index in [1.165, 1.54) is 6.33 Å². The molecule has 3 rings (SSSR count). The van der Waals surface area contributed by atoms with E-state index < -0.39 is 29.0 Å². The third-order valence-electron chi connectivity index (χ3n) is 3.15. The molecule has 0 spiro atoms. The van der Waals surface area contributed by atoms with Gasteiger partial charge in [-0.15, -0.1) is 0 Å². The van der Waals surface area contributed by atoms with Crippen molar-refractivity contribution in [2.45, 2.75) is 6.54 Å². The number of carbonyl (C=O) groups is 1. The molecule has 1 amide bonds. The summed E-state index contributed by atoms with van der Waals surface area (Å²) in [7, 11) is 0. The maximum absolute atomic E-state index is 13.5. The molecule has 0 radical (unpaired) electrons. The number of halogens is 3. The van der Waals surface area contributed by atoms with Crippen molar-refractivity contribution in [3.8, 4) is 0 Å². The lowest BCUT2D eigenvalue weighted by Crippen LogP contribution is -2.19. The van der Waals surface area contributed by atoms with E-state index >= 15 is 0 Å². The number of aromatic nitrogens is 2. The van der Waals surface area contributed by atoms with E-state index in [1.54, 1.807) is 22.8 Å². The second-order valence-corrected chi connectivity index (χ2v) is 4.63. The molecule has 0 saturated heterocycles. The highest BCUT2D eigenvalue weighted by Crippen LogP contribution is 2.20. The molecule has 1 heterocycles. The monoisotopic (exact) mass is 305 g/mol. The normalized spacial score (nSPS) is 10.9. The lowest BCUT2D eigenvalue weighted by Gasteiger charge is -2.08. The van der Waals surface area contributed by atoms with E-state index in [-0.39, 0.29) is 6.54 Å². The second-order valence-electron chi connectivity index (χ2n) is 4.63. The zero-order valence-electron chi connectivity index (χ0n) is 11.2. The van der Waals surface area contributed by atoms with Crippen LogP contribution in [0, 0.1) is 17.5 Å². The van der Waals surface area contributed by atoms with Crippen LogP contribution >= 0.6 is 0 Å². The van der Waals surface area contributed by atoms with Crippen LogP contribution < -0.4 is 5.32 Å². The van der Waals surface area contributed by atoms with Gasteiger partial charge in [0.1, 0.15) is 6.54 Å². The van der Waals surface area contributed by atoms with Crippen LogP contribution in [0.1, 0.15) is 0 Å². The summed E-state index contributed by atoms with van der Waals surface area (Å²) < 4.78 is 41.0. The minimum atomic E-state index is -1.62. The van der Waals surface area contributed by atoms with Gasteiger partial charge in [-0.1, -0.05) is 12.1 Å². The Morgan fingerprint density at radius 3 is 2.68 bits per heavy atom. The number of nitrogens with zero attached hydrogens (tertiary/aromatic N) is 2. The van der Waals surface area contributed by atoms with Crippen molar-refractivity contribution in [2.75, 3.05) is 5.32 Å². The molecule has 0 aliphatic carbocycles. The average Bonchev–Trinajstić information content (AvgIpc) is 2.91. The van der Waals surface area contributed by atoms with Crippen molar-refractivity contribution in [2.24, 2.45) is 0 Å². The molecule has 22 heavy (non-hydrogen) atoms. The Balaban J connectivity index is 1.80. The fraction of sp³-hybridized carbons (Fsp3) is 0.0667. The van der Waals surface area contributed by atoms with Gasteiger partial charge in [-0.3, -0.25) is 4.79 Å². The first-order chi connectivity index (χ1) is 10.6. The van der Waals surface area contributed by atoms with Gasteiger partial charge in [-0.25, -0.2) is 18.2 Å². The maximum atomic E-state index is 13.5. The number of imidazole rings is 1. The number of amides is 1. The lowest BCUT2D eigenvalue weighted by atomic mass is 10.2. The molecule has 0 saturated carbocycles. The van der Waals surface area contributed by atoms with E-state index in [4.69, 9.17) is 0 Å². The van der Waals surface area contributed by atoms with Gasteiger partial charge in [0, 0.05) is 0 Å². The number of para-hydroxylation sites is 2. The molecular formula is C15H10F3N3O. The second kappa shape index (κ2) is 5.51. The summed E-state index contributed by atoms with van der Waals surface area (Å²) in [6.07, 6.45) is 1.48. The van der Waals surface area contributed by atoms with E-state index in [0.717, 1.165) is 17.6 Å². The molecule has 7 heteroatoms. The molecule has 1 N–H and O–H groups in total. The van der Waals surface area contributed by atoms with Gasteiger partial charge in [-0.05, 0) is 24.3 Å². The highest BCUT2D eigenvalue weighted by Gasteiger charge is 2.15. The molecule has 3 aromatic rings. The number of carbonyl (C=O) groups excluding carboxylic acids is 1. The minimum absolute atomic E-state index is 0.126. The topological polar surface area (TPSA) is 46.9 Å². The van der Waals surface area contributed by atoms with Crippen LogP contribution in [0.5, 0.6) is 0 Å². The summed E-state index contributed by atoms with van der Waals surface area (Å²) in [5.41, 5.74) is 1.05. The Bertz CT molecular complexity index is 860. The lowest BCUT2D eigenvalue weighted by molar-refractivity contribution is -0.116. The molecule has 1 aromatic heterocycles. The summed E-state index contributed by atoms with van der Waals surface area (Å²) in [6, 6.07) is 8.91. The Morgan fingerprint density at radius 1 is 1.09 bits per heavy atom. The molecule has 4 nitrogen and oxygen atoms in total. The van der Waals surface area contributed by atoms with Crippen molar-refractivity contribution in [1.82, 2.24) is 9.55 Å². The Hall–Kier alpha value is -2.83. The first-order valence-electron chi connectivity index (χ1n) is 6.39. The van der Waals surface area contributed by atoms with Crippen LogP contribution in [-0.4, -0.2) is 15.5 Å². The highest BCUT2D eigenvalue weighted by atomic mass is 19.2. The summed E-state index contributed by atoms with van der Waals surface area (Å²) in [4.78, 5) is 16.1. The maximum Gasteiger partial charge on any atom is 0.244 e.